The molecule has 3 aliphatic heterocycles. The molecule has 0 aliphatic carbocycles. The molecular formula is C20H27N3O4. The standard InChI is InChI=1S/C18H21N3O4.C2H6/c22-12-6-8-20(9-7-12)13-2-1-3-14-17(13)25-11-10-21(14)15-4-5-16(23)19-18(15)24;1-2/h1-3,15H,4-11H2,(H,19,23,24);1-2H3. The Hall–Kier alpha value is -2.57. The lowest BCUT2D eigenvalue weighted by molar-refractivity contribution is -0.134. The third kappa shape index (κ3) is 3.91. The highest BCUT2D eigenvalue weighted by atomic mass is 16.5. The number of fused-ring (bicyclic) bond motifs is 1. The molecule has 1 aromatic rings. The van der Waals surface area contributed by atoms with Gasteiger partial charge in [-0.1, -0.05) is 19.9 Å². The minimum Gasteiger partial charge on any atom is -0.487 e. The van der Waals surface area contributed by atoms with E-state index in [2.05, 4.69) is 10.2 Å². The van der Waals surface area contributed by atoms with Crippen molar-refractivity contribution in [1.82, 2.24) is 5.32 Å². The smallest absolute Gasteiger partial charge is 0.249 e. The first kappa shape index (κ1) is 19.2. The monoisotopic (exact) mass is 373 g/mol. The summed E-state index contributed by atoms with van der Waals surface area (Å²) in [5.41, 5.74) is 1.86. The number of hydrogen-bond donors (Lipinski definition) is 1. The van der Waals surface area contributed by atoms with Gasteiger partial charge in [0, 0.05) is 32.4 Å². The number of carbonyl (C=O) groups excluding carboxylic acids is 3. The highest BCUT2D eigenvalue weighted by molar-refractivity contribution is 6.02. The van der Waals surface area contributed by atoms with Crippen molar-refractivity contribution < 1.29 is 19.1 Å². The fraction of sp³-hybridized carbons (Fsp3) is 0.550. The number of imide groups is 1. The summed E-state index contributed by atoms with van der Waals surface area (Å²) >= 11 is 0. The second-order valence-corrected chi connectivity index (χ2v) is 6.66. The Morgan fingerprint density at radius 3 is 2.41 bits per heavy atom. The van der Waals surface area contributed by atoms with E-state index in [-0.39, 0.29) is 17.9 Å². The van der Waals surface area contributed by atoms with Gasteiger partial charge in [0.25, 0.3) is 0 Å². The maximum absolute atomic E-state index is 12.3. The second kappa shape index (κ2) is 8.41. The number of Topliss-reactive ketones (excluding diaryl/α,β-unsaturated/α-hetero) is 1. The number of ketones is 1. The van der Waals surface area contributed by atoms with E-state index in [9.17, 15) is 14.4 Å². The van der Waals surface area contributed by atoms with E-state index in [0.29, 0.717) is 57.7 Å². The van der Waals surface area contributed by atoms with Gasteiger partial charge in [0.05, 0.1) is 17.9 Å². The lowest BCUT2D eigenvalue weighted by Gasteiger charge is -2.40. The Kier molecular flexibility index (Phi) is 5.98. The van der Waals surface area contributed by atoms with Gasteiger partial charge in [0.1, 0.15) is 18.4 Å². The summed E-state index contributed by atoms with van der Waals surface area (Å²) in [6.07, 6.45) is 1.99. The number of rotatable bonds is 2. The van der Waals surface area contributed by atoms with Gasteiger partial charge in [-0.15, -0.1) is 0 Å². The Bertz CT molecular complexity index is 724. The SMILES string of the molecule is CC.O=C1CCN(c2cccc3c2OCCN3C2CCC(=O)NC2=O)CC1. The fourth-order valence-electron chi connectivity index (χ4n) is 3.80. The van der Waals surface area contributed by atoms with Crippen LogP contribution >= 0.6 is 0 Å². The summed E-state index contributed by atoms with van der Waals surface area (Å²) in [7, 11) is 0. The lowest BCUT2D eigenvalue weighted by atomic mass is 10.0. The fourth-order valence-corrected chi connectivity index (χ4v) is 3.80. The Labute approximate surface area is 159 Å². The minimum absolute atomic E-state index is 0.207. The Morgan fingerprint density at radius 2 is 1.70 bits per heavy atom. The number of carbonyl (C=O) groups is 3. The minimum atomic E-state index is -0.349. The maximum atomic E-state index is 12.3. The van der Waals surface area contributed by atoms with Crippen molar-refractivity contribution in [2.75, 3.05) is 36.0 Å². The molecule has 0 saturated carbocycles. The van der Waals surface area contributed by atoms with Crippen LogP contribution in [0.4, 0.5) is 11.4 Å². The summed E-state index contributed by atoms with van der Waals surface area (Å²) in [6.45, 7) is 6.49. The highest BCUT2D eigenvalue weighted by Crippen LogP contribution is 2.42. The molecule has 0 bridgehead atoms. The molecule has 4 rings (SSSR count). The first-order valence-corrected chi connectivity index (χ1v) is 9.76. The molecule has 1 N–H and O–H groups in total. The van der Waals surface area contributed by atoms with Gasteiger partial charge in [-0.25, -0.2) is 0 Å². The number of amides is 2. The number of benzene rings is 1. The molecule has 2 fully saturated rings. The zero-order valence-electron chi connectivity index (χ0n) is 16.0. The van der Waals surface area contributed by atoms with Crippen molar-refractivity contribution in [3.63, 3.8) is 0 Å². The van der Waals surface area contributed by atoms with Crippen LogP contribution < -0.4 is 19.9 Å². The van der Waals surface area contributed by atoms with Gasteiger partial charge in [0.15, 0.2) is 5.75 Å². The van der Waals surface area contributed by atoms with Gasteiger partial charge in [-0.3, -0.25) is 19.7 Å². The third-order valence-corrected chi connectivity index (χ3v) is 5.11. The Morgan fingerprint density at radius 1 is 1.00 bits per heavy atom. The first-order valence-electron chi connectivity index (χ1n) is 9.76. The van der Waals surface area contributed by atoms with Gasteiger partial charge in [0.2, 0.25) is 11.8 Å². The predicted molar refractivity (Wildman–Crippen MR) is 103 cm³/mol. The third-order valence-electron chi connectivity index (χ3n) is 5.11. The van der Waals surface area contributed by atoms with Crippen LogP contribution in [-0.2, 0) is 14.4 Å². The molecule has 2 saturated heterocycles. The molecule has 0 aromatic heterocycles. The summed E-state index contributed by atoms with van der Waals surface area (Å²) in [5, 5.41) is 2.43. The van der Waals surface area contributed by atoms with Crippen molar-refractivity contribution in [3.05, 3.63) is 18.2 Å². The number of piperidine rings is 2. The summed E-state index contributed by atoms with van der Waals surface area (Å²) in [6, 6.07) is 5.57. The number of ether oxygens (including phenoxy) is 1. The van der Waals surface area contributed by atoms with E-state index >= 15 is 0 Å². The zero-order chi connectivity index (χ0) is 19.4. The van der Waals surface area contributed by atoms with E-state index in [1.165, 1.54) is 0 Å². The molecule has 2 amide bonds. The van der Waals surface area contributed by atoms with E-state index in [4.69, 9.17) is 4.74 Å². The molecule has 3 aliphatic rings. The summed E-state index contributed by atoms with van der Waals surface area (Å²) in [5.74, 6) is 0.625. The quantitative estimate of drug-likeness (QED) is 0.798. The number of anilines is 2. The number of para-hydroxylation sites is 1. The van der Waals surface area contributed by atoms with Gasteiger partial charge >= 0.3 is 0 Å². The predicted octanol–water partition coefficient (Wildman–Crippen LogP) is 1.89. The molecule has 1 atom stereocenters. The van der Waals surface area contributed by atoms with Crippen LogP contribution in [0.25, 0.3) is 0 Å². The molecule has 0 radical (unpaired) electrons. The van der Waals surface area contributed by atoms with Crippen LogP contribution in [0.15, 0.2) is 18.2 Å². The topological polar surface area (TPSA) is 79.0 Å². The van der Waals surface area contributed by atoms with Crippen LogP contribution in [0.2, 0.25) is 0 Å². The van der Waals surface area contributed by atoms with Crippen molar-refractivity contribution >= 4 is 29.0 Å². The van der Waals surface area contributed by atoms with Crippen LogP contribution in [0.1, 0.15) is 39.5 Å². The van der Waals surface area contributed by atoms with Crippen LogP contribution in [0.5, 0.6) is 5.75 Å². The molecule has 0 spiro atoms. The molecule has 3 heterocycles. The van der Waals surface area contributed by atoms with Crippen LogP contribution in [-0.4, -0.2) is 49.9 Å². The van der Waals surface area contributed by atoms with Gasteiger partial charge < -0.3 is 14.5 Å². The largest absolute Gasteiger partial charge is 0.487 e. The zero-order valence-corrected chi connectivity index (χ0v) is 16.0. The van der Waals surface area contributed by atoms with Gasteiger partial charge in [-0.2, -0.15) is 0 Å². The molecular weight excluding hydrogens is 346 g/mol. The number of nitrogens with one attached hydrogen (secondary N) is 1. The molecule has 7 nitrogen and oxygen atoms in total. The first-order chi connectivity index (χ1) is 13.1. The van der Waals surface area contributed by atoms with Crippen LogP contribution in [0, 0.1) is 0 Å². The number of nitrogens with zero attached hydrogens (tertiary/aromatic N) is 2. The molecule has 1 aromatic carbocycles. The maximum Gasteiger partial charge on any atom is 0.249 e. The number of hydrogen-bond acceptors (Lipinski definition) is 6. The van der Waals surface area contributed by atoms with Crippen molar-refractivity contribution in [3.8, 4) is 5.75 Å². The lowest BCUT2D eigenvalue weighted by Crippen LogP contribution is -2.54. The van der Waals surface area contributed by atoms with Crippen molar-refractivity contribution in [2.24, 2.45) is 0 Å². The normalized spacial score (nSPS) is 22.3. The van der Waals surface area contributed by atoms with Crippen LogP contribution in [0.3, 0.4) is 0 Å². The van der Waals surface area contributed by atoms with E-state index < -0.39 is 0 Å². The molecule has 7 heteroatoms. The Balaban J connectivity index is 0.00000102. The average Bonchev–Trinajstić information content (AvgIpc) is 2.70. The van der Waals surface area contributed by atoms with Gasteiger partial charge in [-0.05, 0) is 18.6 Å². The van der Waals surface area contributed by atoms with Crippen molar-refractivity contribution in [2.45, 2.75) is 45.6 Å². The second-order valence-electron chi connectivity index (χ2n) is 6.66. The average molecular weight is 373 g/mol. The van der Waals surface area contributed by atoms with E-state index in [0.717, 1.165) is 17.1 Å². The molecule has 27 heavy (non-hydrogen) atoms. The molecule has 1 unspecified atom stereocenters. The molecule has 146 valence electrons. The highest BCUT2D eigenvalue weighted by Gasteiger charge is 2.35. The van der Waals surface area contributed by atoms with Crippen molar-refractivity contribution in [1.29, 1.82) is 0 Å². The summed E-state index contributed by atoms with van der Waals surface area (Å²) < 4.78 is 5.95. The summed E-state index contributed by atoms with van der Waals surface area (Å²) in [4.78, 5) is 39.4. The van der Waals surface area contributed by atoms with E-state index in [1.54, 1.807) is 0 Å². The van der Waals surface area contributed by atoms with E-state index in [1.807, 2.05) is 36.9 Å².